The molecule has 0 aliphatic carbocycles. The second-order valence-corrected chi connectivity index (χ2v) is 4.86. The molecule has 0 spiro atoms. The number of nitrogen functional groups attached to an aromatic ring is 1. The van der Waals surface area contributed by atoms with Gasteiger partial charge < -0.3 is 39.5 Å². The van der Waals surface area contributed by atoms with Gasteiger partial charge in [-0.25, -0.2) is 0 Å². The van der Waals surface area contributed by atoms with Gasteiger partial charge in [0.15, 0.2) is 0 Å². The SMILES string of the molecule is C[N+](C)(C)CCNc1ccc(N)cc1C#N.[I-]. The molecule has 0 saturated carbocycles. The van der Waals surface area contributed by atoms with Crippen molar-refractivity contribution in [2.24, 2.45) is 0 Å². The third kappa shape index (κ3) is 5.75. The summed E-state index contributed by atoms with van der Waals surface area (Å²) in [5, 5.41) is 12.2. The monoisotopic (exact) mass is 346 g/mol. The minimum absolute atomic E-state index is 0. The number of hydrogen-bond donors (Lipinski definition) is 2. The van der Waals surface area contributed by atoms with Gasteiger partial charge in [-0.3, -0.25) is 0 Å². The molecule has 0 amide bonds. The second kappa shape index (κ2) is 6.67. The predicted octanol–water partition coefficient (Wildman–Crippen LogP) is -1.74. The molecule has 17 heavy (non-hydrogen) atoms. The first-order valence-corrected chi connectivity index (χ1v) is 5.26. The number of rotatable bonds is 4. The number of halogens is 1. The van der Waals surface area contributed by atoms with E-state index in [9.17, 15) is 0 Å². The third-order valence-electron chi connectivity index (χ3n) is 2.26. The van der Waals surface area contributed by atoms with E-state index in [1.54, 1.807) is 12.1 Å². The predicted molar refractivity (Wildman–Crippen MR) is 67.0 cm³/mol. The van der Waals surface area contributed by atoms with Crippen LogP contribution in [-0.4, -0.2) is 38.7 Å². The van der Waals surface area contributed by atoms with E-state index in [1.807, 2.05) is 6.07 Å². The molecule has 4 nitrogen and oxygen atoms in total. The second-order valence-electron chi connectivity index (χ2n) is 4.86. The number of nitrogens with zero attached hydrogens (tertiary/aromatic N) is 2. The Morgan fingerprint density at radius 3 is 2.53 bits per heavy atom. The van der Waals surface area contributed by atoms with Gasteiger partial charge in [-0.1, -0.05) is 0 Å². The highest BCUT2D eigenvalue weighted by molar-refractivity contribution is 5.62. The maximum absolute atomic E-state index is 8.95. The lowest BCUT2D eigenvalue weighted by atomic mass is 10.1. The molecule has 0 aromatic heterocycles. The maximum Gasteiger partial charge on any atom is 0.101 e. The number of nitrogens with two attached hydrogens (primary N) is 1. The van der Waals surface area contributed by atoms with E-state index in [0.717, 1.165) is 23.3 Å². The lowest BCUT2D eigenvalue weighted by molar-refractivity contribution is -0.868. The summed E-state index contributed by atoms with van der Waals surface area (Å²) in [5.74, 6) is 0. The summed E-state index contributed by atoms with van der Waals surface area (Å²) in [6, 6.07) is 7.48. The number of anilines is 2. The number of nitriles is 1. The zero-order chi connectivity index (χ0) is 12.2. The topological polar surface area (TPSA) is 61.8 Å². The van der Waals surface area contributed by atoms with Gasteiger partial charge in [0.2, 0.25) is 0 Å². The summed E-state index contributed by atoms with van der Waals surface area (Å²) in [5.41, 5.74) is 7.69. The zero-order valence-corrected chi connectivity index (χ0v) is 12.7. The summed E-state index contributed by atoms with van der Waals surface area (Å²) in [6.07, 6.45) is 0. The normalized spacial score (nSPS) is 10.2. The van der Waals surface area contributed by atoms with Crippen molar-refractivity contribution in [3.8, 4) is 6.07 Å². The molecule has 0 fully saturated rings. The summed E-state index contributed by atoms with van der Waals surface area (Å²) >= 11 is 0. The molecule has 1 rings (SSSR count). The molecule has 0 aliphatic rings. The lowest BCUT2D eigenvalue weighted by Gasteiger charge is -2.24. The summed E-state index contributed by atoms with van der Waals surface area (Å²) in [7, 11) is 6.40. The Bertz CT molecular complexity index is 404. The molecular formula is C12H19IN4. The average molecular weight is 346 g/mol. The highest BCUT2D eigenvalue weighted by Crippen LogP contribution is 2.17. The first-order valence-electron chi connectivity index (χ1n) is 5.26. The van der Waals surface area contributed by atoms with Crippen LogP contribution in [0, 0.1) is 11.3 Å². The van der Waals surface area contributed by atoms with Crippen molar-refractivity contribution in [1.29, 1.82) is 5.26 Å². The number of quaternary nitrogens is 1. The molecule has 1 aromatic rings. The first-order chi connectivity index (χ1) is 7.42. The van der Waals surface area contributed by atoms with Gasteiger partial charge in [0.25, 0.3) is 0 Å². The minimum atomic E-state index is 0. The van der Waals surface area contributed by atoms with E-state index < -0.39 is 0 Å². The largest absolute Gasteiger partial charge is 1.00 e. The van der Waals surface area contributed by atoms with Gasteiger partial charge in [-0.05, 0) is 18.2 Å². The first kappa shape index (κ1) is 16.0. The van der Waals surface area contributed by atoms with Crippen LogP contribution in [0.1, 0.15) is 5.56 Å². The van der Waals surface area contributed by atoms with Gasteiger partial charge in [0.05, 0.1) is 45.5 Å². The highest BCUT2D eigenvalue weighted by Gasteiger charge is 2.07. The summed E-state index contributed by atoms with van der Waals surface area (Å²) < 4.78 is 0.893. The van der Waals surface area contributed by atoms with Crippen LogP contribution < -0.4 is 35.0 Å². The number of nitrogens with one attached hydrogen (secondary N) is 1. The van der Waals surface area contributed by atoms with Crippen molar-refractivity contribution >= 4 is 11.4 Å². The molecule has 0 bridgehead atoms. The maximum atomic E-state index is 8.95. The Labute approximate surface area is 120 Å². The number of hydrogen-bond acceptors (Lipinski definition) is 3. The molecular weight excluding hydrogens is 327 g/mol. The summed E-state index contributed by atoms with van der Waals surface area (Å²) in [6.45, 7) is 1.83. The molecule has 0 unspecified atom stereocenters. The van der Waals surface area contributed by atoms with Gasteiger partial charge in [-0.2, -0.15) is 5.26 Å². The van der Waals surface area contributed by atoms with E-state index >= 15 is 0 Å². The van der Waals surface area contributed by atoms with Crippen molar-refractivity contribution in [3.63, 3.8) is 0 Å². The van der Waals surface area contributed by atoms with Crippen LogP contribution >= 0.6 is 0 Å². The third-order valence-corrected chi connectivity index (χ3v) is 2.26. The van der Waals surface area contributed by atoms with Crippen molar-refractivity contribution in [2.45, 2.75) is 0 Å². The lowest BCUT2D eigenvalue weighted by Crippen LogP contribution is -3.00. The van der Waals surface area contributed by atoms with Gasteiger partial charge in [-0.15, -0.1) is 0 Å². The summed E-state index contributed by atoms with van der Waals surface area (Å²) in [4.78, 5) is 0. The van der Waals surface area contributed by atoms with E-state index in [2.05, 4.69) is 32.5 Å². The highest BCUT2D eigenvalue weighted by atomic mass is 127. The molecule has 0 atom stereocenters. The van der Waals surface area contributed by atoms with Crippen LogP contribution in [0.2, 0.25) is 0 Å². The smallest absolute Gasteiger partial charge is 0.101 e. The van der Waals surface area contributed by atoms with E-state index in [1.165, 1.54) is 0 Å². The minimum Gasteiger partial charge on any atom is -1.00 e. The van der Waals surface area contributed by atoms with E-state index in [4.69, 9.17) is 11.0 Å². The fourth-order valence-electron chi connectivity index (χ4n) is 1.33. The van der Waals surface area contributed by atoms with Crippen LogP contribution in [-0.2, 0) is 0 Å². The van der Waals surface area contributed by atoms with E-state index in [-0.39, 0.29) is 24.0 Å². The molecule has 5 heteroatoms. The fraction of sp³-hybridized carbons (Fsp3) is 0.417. The molecule has 1 aromatic carbocycles. The Kier molecular flexibility index (Phi) is 6.27. The number of benzene rings is 1. The van der Waals surface area contributed by atoms with Crippen molar-refractivity contribution in [1.82, 2.24) is 0 Å². The Morgan fingerprint density at radius 2 is 2.00 bits per heavy atom. The molecule has 0 heterocycles. The number of likely N-dealkylation sites (N-methyl/N-ethyl adjacent to an activating group) is 1. The van der Waals surface area contributed by atoms with E-state index in [0.29, 0.717) is 11.3 Å². The Balaban J connectivity index is 0.00000256. The standard InChI is InChI=1S/C12H19N4.HI/c1-16(2,3)7-6-15-12-5-4-11(14)8-10(12)9-13;/h4-5,8,15H,6-7,14H2,1-3H3;1H/q+1;/p-1. The van der Waals surface area contributed by atoms with Crippen LogP contribution in [0.4, 0.5) is 11.4 Å². The van der Waals surface area contributed by atoms with Crippen molar-refractivity contribution < 1.29 is 28.5 Å². The van der Waals surface area contributed by atoms with Crippen molar-refractivity contribution in [3.05, 3.63) is 23.8 Å². The Morgan fingerprint density at radius 1 is 1.35 bits per heavy atom. The zero-order valence-electron chi connectivity index (χ0n) is 10.5. The van der Waals surface area contributed by atoms with Gasteiger partial charge >= 0.3 is 0 Å². The Hall–Kier alpha value is -1.000. The van der Waals surface area contributed by atoms with Crippen LogP contribution in [0.25, 0.3) is 0 Å². The molecule has 0 aliphatic heterocycles. The quantitative estimate of drug-likeness (QED) is 0.387. The fourth-order valence-corrected chi connectivity index (χ4v) is 1.33. The van der Waals surface area contributed by atoms with Crippen LogP contribution in [0.5, 0.6) is 0 Å². The molecule has 3 N–H and O–H groups in total. The average Bonchev–Trinajstić information content (AvgIpc) is 2.18. The molecule has 0 radical (unpaired) electrons. The van der Waals surface area contributed by atoms with Gasteiger partial charge in [0.1, 0.15) is 6.07 Å². The molecule has 94 valence electrons. The van der Waals surface area contributed by atoms with Crippen molar-refractivity contribution in [2.75, 3.05) is 45.3 Å². The van der Waals surface area contributed by atoms with Gasteiger partial charge in [0, 0.05) is 5.69 Å². The van der Waals surface area contributed by atoms with Crippen LogP contribution in [0.15, 0.2) is 18.2 Å². The van der Waals surface area contributed by atoms with Crippen LogP contribution in [0.3, 0.4) is 0 Å². The molecule has 0 saturated heterocycles.